The molecule has 3 heterocycles. The van der Waals surface area contributed by atoms with Crippen molar-refractivity contribution in [1.29, 1.82) is 0 Å². The molecule has 8 heteroatoms. The number of piperazine rings is 1. The molecule has 0 radical (unpaired) electrons. The van der Waals surface area contributed by atoms with Crippen molar-refractivity contribution in [2.75, 3.05) is 18.0 Å². The summed E-state index contributed by atoms with van der Waals surface area (Å²) >= 11 is 0. The summed E-state index contributed by atoms with van der Waals surface area (Å²) in [7, 11) is 0. The molecule has 8 nitrogen and oxygen atoms in total. The maximum absolute atomic E-state index is 12.4. The van der Waals surface area contributed by atoms with Crippen LogP contribution < -0.4 is 4.90 Å². The van der Waals surface area contributed by atoms with Crippen molar-refractivity contribution < 1.29 is 14.5 Å². The molecule has 130 valence electrons. The van der Waals surface area contributed by atoms with Crippen LogP contribution >= 0.6 is 0 Å². The van der Waals surface area contributed by atoms with Gasteiger partial charge in [-0.25, -0.2) is 4.79 Å². The van der Waals surface area contributed by atoms with E-state index in [1.54, 1.807) is 11.0 Å². The standard InChI is InChI=1S/C16H22N4O4/c1-10-12-9-19(15(21)24-16(2,3)4)13(10)8-18(12)11-5-6-14(17-7-11)20(22)23/h5-7,10,12-13H,8-9H2,1-4H3/t10-,12?,13?/m1/s1. The van der Waals surface area contributed by atoms with Gasteiger partial charge in [-0.15, -0.1) is 0 Å². The van der Waals surface area contributed by atoms with E-state index in [1.165, 1.54) is 12.3 Å². The lowest BCUT2D eigenvalue weighted by molar-refractivity contribution is -0.389. The third kappa shape index (κ3) is 2.88. The van der Waals surface area contributed by atoms with Gasteiger partial charge in [-0.3, -0.25) is 0 Å². The molecule has 0 aliphatic carbocycles. The number of nitro groups is 1. The molecular formula is C16H22N4O4. The lowest BCUT2D eigenvalue weighted by Gasteiger charge is -2.35. The molecule has 3 rings (SSSR count). The van der Waals surface area contributed by atoms with Crippen LogP contribution in [0.1, 0.15) is 27.7 Å². The van der Waals surface area contributed by atoms with Crippen LogP contribution in [0.4, 0.5) is 16.3 Å². The lowest BCUT2D eigenvalue weighted by Crippen LogP contribution is -2.50. The number of hydrogen-bond donors (Lipinski definition) is 0. The molecule has 0 spiro atoms. The Balaban J connectivity index is 1.72. The number of aromatic nitrogens is 1. The van der Waals surface area contributed by atoms with E-state index in [0.29, 0.717) is 19.0 Å². The highest BCUT2D eigenvalue weighted by atomic mass is 16.6. The summed E-state index contributed by atoms with van der Waals surface area (Å²) in [4.78, 5) is 30.4. The van der Waals surface area contributed by atoms with E-state index in [2.05, 4.69) is 16.8 Å². The topological polar surface area (TPSA) is 88.8 Å². The first-order chi connectivity index (χ1) is 11.2. The minimum Gasteiger partial charge on any atom is -0.444 e. The van der Waals surface area contributed by atoms with E-state index in [0.717, 1.165) is 5.69 Å². The molecule has 2 fully saturated rings. The van der Waals surface area contributed by atoms with Gasteiger partial charge in [0.25, 0.3) is 0 Å². The van der Waals surface area contributed by atoms with Gasteiger partial charge in [0.2, 0.25) is 0 Å². The zero-order valence-corrected chi connectivity index (χ0v) is 14.3. The van der Waals surface area contributed by atoms with Gasteiger partial charge in [-0.2, -0.15) is 0 Å². The van der Waals surface area contributed by atoms with Crippen LogP contribution in [0.3, 0.4) is 0 Å². The van der Waals surface area contributed by atoms with E-state index in [4.69, 9.17) is 4.74 Å². The summed E-state index contributed by atoms with van der Waals surface area (Å²) in [5.41, 5.74) is 0.341. The molecule has 0 saturated carbocycles. The number of likely N-dealkylation sites (tertiary alicyclic amines) is 1. The van der Waals surface area contributed by atoms with E-state index in [-0.39, 0.29) is 24.0 Å². The van der Waals surface area contributed by atoms with Crippen molar-refractivity contribution in [3.63, 3.8) is 0 Å². The largest absolute Gasteiger partial charge is 0.444 e. The van der Waals surface area contributed by atoms with Gasteiger partial charge in [0, 0.05) is 25.1 Å². The minimum absolute atomic E-state index is 0.0834. The zero-order chi connectivity index (χ0) is 17.6. The molecule has 1 amide bonds. The normalized spacial score (nSPS) is 25.9. The number of rotatable bonds is 2. The third-order valence-electron chi connectivity index (χ3n) is 4.66. The Morgan fingerprint density at radius 1 is 1.33 bits per heavy atom. The molecule has 2 aliphatic heterocycles. The summed E-state index contributed by atoms with van der Waals surface area (Å²) in [6.07, 6.45) is 1.26. The first-order valence-electron chi connectivity index (χ1n) is 8.04. The summed E-state index contributed by atoms with van der Waals surface area (Å²) in [5.74, 6) is 0.152. The Bertz CT molecular complexity index is 655. The Morgan fingerprint density at radius 3 is 2.50 bits per heavy atom. The summed E-state index contributed by atoms with van der Waals surface area (Å²) in [5, 5.41) is 10.7. The second-order valence-electron chi connectivity index (χ2n) is 7.41. The third-order valence-corrected chi connectivity index (χ3v) is 4.66. The molecule has 1 aromatic heterocycles. The highest BCUT2D eigenvalue weighted by molar-refractivity contribution is 5.70. The highest BCUT2D eigenvalue weighted by Gasteiger charge is 2.52. The summed E-state index contributed by atoms with van der Waals surface area (Å²) in [6.45, 7) is 8.98. The summed E-state index contributed by atoms with van der Waals surface area (Å²) in [6, 6.07) is 3.39. The van der Waals surface area contributed by atoms with Crippen molar-refractivity contribution in [3.05, 3.63) is 28.4 Å². The second kappa shape index (κ2) is 5.61. The van der Waals surface area contributed by atoms with Crippen molar-refractivity contribution in [1.82, 2.24) is 9.88 Å². The van der Waals surface area contributed by atoms with Crippen LogP contribution in [0.25, 0.3) is 0 Å². The number of anilines is 1. The number of carbonyl (C=O) groups excluding carboxylic acids is 1. The fourth-order valence-corrected chi connectivity index (χ4v) is 3.51. The fourth-order valence-electron chi connectivity index (χ4n) is 3.51. The number of pyridine rings is 1. The maximum Gasteiger partial charge on any atom is 0.410 e. The lowest BCUT2D eigenvalue weighted by atomic mass is 10.0. The molecule has 0 aromatic carbocycles. The van der Waals surface area contributed by atoms with Crippen LogP contribution in [-0.2, 0) is 4.74 Å². The molecular weight excluding hydrogens is 312 g/mol. The number of hydrogen-bond acceptors (Lipinski definition) is 6. The van der Waals surface area contributed by atoms with Crippen LogP contribution in [0.15, 0.2) is 18.3 Å². The maximum atomic E-state index is 12.4. The van der Waals surface area contributed by atoms with Crippen LogP contribution in [0.2, 0.25) is 0 Å². The SMILES string of the molecule is C[C@H]1C2CN(c3ccc([N+](=O)[O-])nc3)C1CN2C(=O)OC(C)(C)C. The van der Waals surface area contributed by atoms with Crippen molar-refractivity contribution in [2.24, 2.45) is 5.92 Å². The molecule has 2 unspecified atom stereocenters. The van der Waals surface area contributed by atoms with Crippen LogP contribution in [0, 0.1) is 16.0 Å². The number of carbonyl (C=O) groups is 1. The zero-order valence-electron chi connectivity index (χ0n) is 14.3. The van der Waals surface area contributed by atoms with Crippen LogP contribution in [-0.4, -0.2) is 51.7 Å². The fraction of sp³-hybridized carbons (Fsp3) is 0.625. The Hall–Kier alpha value is -2.38. The van der Waals surface area contributed by atoms with E-state index < -0.39 is 10.5 Å². The Labute approximate surface area is 140 Å². The number of amides is 1. The average molecular weight is 334 g/mol. The molecule has 0 N–H and O–H groups in total. The number of fused-ring (bicyclic) bond motifs is 2. The predicted octanol–water partition coefficient (Wildman–Crippen LogP) is 2.43. The van der Waals surface area contributed by atoms with Crippen molar-refractivity contribution in [3.8, 4) is 0 Å². The van der Waals surface area contributed by atoms with Gasteiger partial charge in [0.05, 0.1) is 17.8 Å². The van der Waals surface area contributed by atoms with Gasteiger partial charge in [-0.05, 0) is 36.7 Å². The van der Waals surface area contributed by atoms with E-state index >= 15 is 0 Å². The highest BCUT2D eigenvalue weighted by Crippen LogP contribution is 2.39. The molecule has 2 saturated heterocycles. The first kappa shape index (κ1) is 16.5. The van der Waals surface area contributed by atoms with Crippen LogP contribution in [0.5, 0.6) is 0 Å². The molecule has 1 aromatic rings. The quantitative estimate of drug-likeness (QED) is 0.609. The van der Waals surface area contributed by atoms with Gasteiger partial charge in [0.1, 0.15) is 5.60 Å². The van der Waals surface area contributed by atoms with E-state index in [1.807, 2.05) is 20.8 Å². The number of ether oxygens (including phenoxy) is 1. The van der Waals surface area contributed by atoms with Gasteiger partial charge in [0.15, 0.2) is 6.20 Å². The molecule has 2 aliphatic rings. The van der Waals surface area contributed by atoms with Crippen molar-refractivity contribution in [2.45, 2.75) is 45.4 Å². The smallest absolute Gasteiger partial charge is 0.410 e. The monoisotopic (exact) mass is 334 g/mol. The van der Waals surface area contributed by atoms with Gasteiger partial charge in [-0.1, -0.05) is 6.92 Å². The first-order valence-corrected chi connectivity index (χ1v) is 8.04. The van der Waals surface area contributed by atoms with Crippen molar-refractivity contribution >= 4 is 17.6 Å². The number of nitrogens with zero attached hydrogens (tertiary/aromatic N) is 4. The van der Waals surface area contributed by atoms with Gasteiger partial charge < -0.3 is 24.7 Å². The Morgan fingerprint density at radius 2 is 2.04 bits per heavy atom. The van der Waals surface area contributed by atoms with E-state index in [9.17, 15) is 14.9 Å². The van der Waals surface area contributed by atoms with Gasteiger partial charge >= 0.3 is 11.9 Å². The summed E-state index contributed by atoms with van der Waals surface area (Å²) < 4.78 is 5.49. The predicted molar refractivity (Wildman–Crippen MR) is 87.9 cm³/mol. The Kier molecular flexibility index (Phi) is 3.85. The molecule has 2 bridgehead atoms. The average Bonchev–Trinajstić information content (AvgIpc) is 2.98. The molecule has 3 atom stereocenters. The minimum atomic E-state index is -0.510. The molecule has 24 heavy (non-hydrogen) atoms. The second-order valence-corrected chi connectivity index (χ2v) is 7.41.